The Labute approximate surface area is 122 Å². The van der Waals surface area contributed by atoms with Crippen LogP contribution in [0.15, 0.2) is 34.8 Å². The van der Waals surface area contributed by atoms with Crippen LogP contribution in [-0.4, -0.2) is 5.78 Å². The van der Waals surface area contributed by atoms with Gasteiger partial charge in [-0.2, -0.15) is 0 Å². The second-order valence-electron chi connectivity index (χ2n) is 4.36. The van der Waals surface area contributed by atoms with E-state index in [2.05, 4.69) is 15.9 Å². The minimum absolute atomic E-state index is 0.0615. The van der Waals surface area contributed by atoms with E-state index in [1.54, 1.807) is 0 Å². The van der Waals surface area contributed by atoms with Crippen molar-refractivity contribution < 1.29 is 18.0 Å². The van der Waals surface area contributed by atoms with Gasteiger partial charge in [0.1, 0.15) is 17.5 Å². The SMILES string of the molecule is Cc1cccc(C(=O)Cc2c(F)ccc(Br)c2F)c1F. The van der Waals surface area contributed by atoms with E-state index in [0.717, 1.165) is 6.07 Å². The van der Waals surface area contributed by atoms with Crippen LogP contribution in [0, 0.1) is 24.4 Å². The van der Waals surface area contributed by atoms with Gasteiger partial charge in [-0.25, -0.2) is 13.2 Å². The van der Waals surface area contributed by atoms with Crippen molar-refractivity contribution in [3.8, 4) is 0 Å². The highest BCUT2D eigenvalue weighted by molar-refractivity contribution is 9.10. The molecule has 0 heterocycles. The minimum atomic E-state index is -0.841. The monoisotopic (exact) mass is 342 g/mol. The van der Waals surface area contributed by atoms with Gasteiger partial charge >= 0.3 is 0 Å². The first-order valence-electron chi connectivity index (χ1n) is 5.82. The Hall–Kier alpha value is -1.62. The first-order chi connectivity index (χ1) is 9.41. The van der Waals surface area contributed by atoms with Gasteiger partial charge in [-0.05, 0) is 46.6 Å². The van der Waals surface area contributed by atoms with Crippen LogP contribution in [0.25, 0.3) is 0 Å². The molecule has 2 aromatic rings. The van der Waals surface area contributed by atoms with Crippen molar-refractivity contribution in [1.29, 1.82) is 0 Å². The lowest BCUT2D eigenvalue weighted by Crippen LogP contribution is -2.10. The van der Waals surface area contributed by atoms with Gasteiger partial charge in [0.2, 0.25) is 0 Å². The average molecular weight is 343 g/mol. The Morgan fingerprint density at radius 3 is 2.50 bits per heavy atom. The maximum atomic E-state index is 13.8. The smallest absolute Gasteiger partial charge is 0.170 e. The second-order valence-corrected chi connectivity index (χ2v) is 5.21. The predicted octanol–water partition coefficient (Wildman–Crippen LogP) is 4.60. The summed E-state index contributed by atoms with van der Waals surface area (Å²) in [4.78, 5) is 12.0. The van der Waals surface area contributed by atoms with Crippen molar-refractivity contribution in [2.24, 2.45) is 0 Å². The molecule has 0 radical (unpaired) electrons. The van der Waals surface area contributed by atoms with Crippen LogP contribution in [-0.2, 0) is 6.42 Å². The molecule has 1 nitrogen and oxygen atoms in total. The molecule has 0 aliphatic carbocycles. The molecule has 0 spiro atoms. The molecule has 0 aliphatic heterocycles. The van der Waals surface area contributed by atoms with E-state index < -0.39 is 29.7 Å². The maximum Gasteiger partial charge on any atom is 0.170 e. The van der Waals surface area contributed by atoms with E-state index >= 15 is 0 Å². The van der Waals surface area contributed by atoms with E-state index in [1.807, 2.05) is 0 Å². The van der Waals surface area contributed by atoms with Gasteiger partial charge in [-0.3, -0.25) is 4.79 Å². The molecule has 20 heavy (non-hydrogen) atoms. The standard InChI is InChI=1S/C15H10BrF3O/c1-8-3-2-4-9(14(8)18)13(20)7-10-12(17)6-5-11(16)15(10)19/h2-6H,7H2,1H3. The van der Waals surface area contributed by atoms with Gasteiger partial charge in [0, 0.05) is 12.0 Å². The molecule has 0 unspecified atom stereocenters. The molecule has 0 atom stereocenters. The summed E-state index contributed by atoms with van der Waals surface area (Å²) in [6, 6.07) is 6.62. The molecule has 0 fully saturated rings. The fourth-order valence-corrected chi connectivity index (χ4v) is 2.22. The Balaban J connectivity index is 2.38. The molecule has 0 aliphatic rings. The number of halogens is 4. The van der Waals surface area contributed by atoms with Crippen LogP contribution < -0.4 is 0 Å². The predicted molar refractivity (Wildman–Crippen MR) is 73.2 cm³/mol. The molecule has 0 saturated carbocycles. The molecule has 0 aromatic heterocycles. The van der Waals surface area contributed by atoms with Crippen LogP contribution in [0.4, 0.5) is 13.2 Å². The molecule has 0 N–H and O–H groups in total. The summed E-state index contributed by atoms with van der Waals surface area (Å²) in [5, 5.41) is 0. The van der Waals surface area contributed by atoms with Crippen LogP contribution in [0.5, 0.6) is 0 Å². The quantitative estimate of drug-likeness (QED) is 0.588. The number of carbonyl (C=O) groups excluding carboxylic acids is 1. The van der Waals surface area contributed by atoms with Gasteiger partial charge in [-0.15, -0.1) is 0 Å². The summed E-state index contributed by atoms with van der Waals surface area (Å²) in [5.74, 6) is -2.99. The third-order valence-electron chi connectivity index (χ3n) is 2.97. The first-order valence-corrected chi connectivity index (χ1v) is 6.61. The molecule has 0 saturated heterocycles. The second kappa shape index (κ2) is 5.79. The number of aryl methyl sites for hydroxylation is 1. The Kier molecular flexibility index (Phi) is 4.28. The summed E-state index contributed by atoms with van der Waals surface area (Å²) in [7, 11) is 0. The van der Waals surface area contributed by atoms with Crippen molar-refractivity contribution in [3.05, 3.63) is 68.9 Å². The Bertz CT molecular complexity index is 683. The van der Waals surface area contributed by atoms with Crippen molar-refractivity contribution >= 4 is 21.7 Å². The van der Waals surface area contributed by atoms with Crippen molar-refractivity contribution in [2.45, 2.75) is 13.3 Å². The summed E-state index contributed by atoms with van der Waals surface area (Å²) < 4.78 is 41.2. The van der Waals surface area contributed by atoms with E-state index in [9.17, 15) is 18.0 Å². The van der Waals surface area contributed by atoms with Crippen molar-refractivity contribution in [1.82, 2.24) is 0 Å². The van der Waals surface area contributed by atoms with Gasteiger partial charge in [0.05, 0.1) is 10.0 Å². The summed E-state index contributed by atoms with van der Waals surface area (Å²) in [6.07, 6.45) is -0.530. The molecule has 5 heteroatoms. The zero-order valence-electron chi connectivity index (χ0n) is 10.5. The van der Waals surface area contributed by atoms with Gasteiger partial charge < -0.3 is 0 Å². The largest absolute Gasteiger partial charge is 0.294 e. The highest BCUT2D eigenvalue weighted by Crippen LogP contribution is 2.23. The van der Waals surface area contributed by atoms with Crippen LogP contribution in [0.3, 0.4) is 0 Å². The van der Waals surface area contributed by atoms with Crippen LogP contribution in [0.2, 0.25) is 0 Å². The zero-order chi connectivity index (χ0) is 14.9. The topological polar surface area (TPSA) is 17.1 Å². The van der Waals surface area contributed by atoms with E-state index in [4.69, 9.17) is 0 Å². The Morgan fingerprint density at radius 1 is 1.10 bits per heavy atom. The maximum absolute atomic E-state index is 13.8. The summed E-state index contributed by atoms with van der Waals surface area (Å²) in [6.45, 7) is 1.52. The highest BCUT2D eigenvalue weighted by atomic mass is 79.9. The lowest BCUT2D eigenvalue weighted by molar-refractivity contribution is 0.0986. The number of rotatable bonds is 3. The minimum Gasteiger partial charge on any atom is -0.294 e. The molecule has 2 rings (SSSR count). The number of ketones is 1. The first kappa shape index (κ1) is 14.8. The average Bonchev–Trinajstić information content (AvgIpc) is 2.42. The fourth-order valence-electron chi connectivity index (χ4n) is 1.85. The van der Waals surface area contributed by atoms with Crippen LogP contribution >= 0.6 is 15.9 Å². The van der Waals surface area contributed by atoms with E-state index in [1.165, 1.54) is 31.2 Å². The number of hydrogen-bond acceptors (Lipinski definition) is 1. The third-order valence-corrected chi connectivity index (χ3v) is 3.58. The molecule has 0 bridgehead atoms. The number of Topliss-reactive ketones (excluding diaryl/α,β-unsaturated/α-hetero) is 1. The fraction of sp³-hybridized carbons (Fsp3) is 0.133. The van der Waals surface area contributed by atoms with Crippen molar-refractivity contribution in [3.63, 3.8) is 0 Å². The summed E-state index contributed by atoms with van der Waals surface area (Å²) in [5.41, 5.74) is -0.222. The molecule has 0 amide bonds. The lowest BCUT2D eigenvalue weighted by Gasteiger charge is -2.08. The highest BCUT2D eigenvalue weighted by Gasteiger charge is 2.19. The number of benzene rings is 2. The van der Waals surface area contributed by atoms with Gasteiger partial charge in [-0.1, -0.05) is 12.1 Å². The van der Waals surface area contributed by atoms with E-state index in [0.29, 0.717) is 5.56 Å². The third kappa shape index (κ3) is 2.77. The molecule has 2 aromatic carbocycles. The summed E-state index contributed by atoms with van der Waals surface area (Å²) >= 11 is 2.93. The van der Waals surface area contributed by atoms with Gasteiger partial charge in [0.25, 0.3) is 0 Å². The van der Waals surface area contributed by atoms with Gasteiger partial charge in [0.15, 0.2) is 5.78 Å². The zero-order valence-corrected chi connectivity index (χ0v) is 12.1. The lowest BCUT2D eigenvalue weighted by atomic mass is 10.00. The molecular formula is C15H10BrF3O. The van der Waals surface area contributed by atoms with Crippen molar-refractivity contribution in [2.75, 3.05) is 0 Å². The normalized spacial score (nSPS) is 10.7. The number of hydrogen-bond donors (Lipinski definition) is 0. The Morgan fingerprint density at radius 2 is 1.80 bits per heavy atom. The molecule has 104 valence electrons. The molecular weight excluding hydrogens is 333 g/mol. The number of carbonyl (C=O) groups is 1. The van der Waals surface area contributed by atoms with E-state index in [-0.39, 0.29) is 15.6 Å². The van der Waals surface area contributed by atoms with Crippen LogP contribution in [0.1, 0.15) is 21.5 Å².